The molecule has 0 bridgehead atoms. The molecule has 8 nitrogen and oxygen atoms in total. The summed E-state index contributed by atoms with van der Waals surface area (Å²) in [5.41, 5.74) is 1.28. The number of hydrogen-bond donors (Lipinski definition) is 2. The molecule has 0 saturated carbocycles. The highest BCUT2D eigenvalue weighted by Crippen LogP contribution is 2.42. The molecular weight excluding hydrogens is 578 g/mol. The van der Waals surface area contributed by atoms with Gasteiger partial charge in [-0.25, -0.2) is 12.8 Å². The minimum Gasteiger partial charge on any atom is -0.455 e. The molecule has 0 fully saturated rings. The highest BCUT2D eigenvalue weighted by molar-refractivity contribution is 7.92. The largest absolute Gasteiger partial charge is 0.455 e. The predicted octanol–water partition coefficient (Wildman–Crippen LogP) is 6.12. The zero-order chi connectivity index (χ0) is 31.5. The first-order valence-corrected chi connectivity index (χ1v) is 15.6. The number of anilines is 1. The number of nitrogens with zero attached hydrogens (tertiary/aromatic N) is 1. The summed E-state index contributed by atoms with van der Waals surface area (Å²) in [6.07, 6.45) is 1.09. The Morgan fingerprint density at radius 2 is 1.74 bits per heavy atom. The molecular formula is C32H34F2N2O6S. The van der Waals surface area contributed by atoms with E-state index in [1.165, 1.54) is 30.3 Å². The molecule has 1 amide bonds. The van der Waals surface area contributed by atoms with Gasteiger partial charge in [-0.15, -0.1) is 0 Å². The Labute approximate surface area is 249 Å². The third-order valence-electron chi connectivity index (χ3n) is 6.96. The Morgan fingerprint density at radius 1 is 1.05 bits per heavy atom. The second-order valence-electron chi connectivity index (χ2n) is 10.9. The molecule has 3 aromatic carbocycles. The summed E-state index contributed by atoms with van der Waals surface area (Å²) < 4.78 is 60.2. The summed E-state index contributed by atoms with van der Waals surface area (Å²) in [5, 5.41) is 12.8. The van der Waals surface area contributed by atoms with Crippen LogP contribution in [0.1, 0.15) is 54.3 Å². The lowest BCUT2D eigenvalue weighted by Gasteiger charge is -2.25. The number of aliphatic hydroxyl groups is 1. The van der Waals surface area contributed by atoms with E-state index in [9.17, 15) is 31.9 Å². The maximum atomic E-state index is 13.7. The topological polar surface area (TPSA) is 117 Å². The molecule has 11 heteroatoms. The lowest BCUT2D eigenvalue weighted by molar-refractivity contribution is 0.0869. The third kappa shape index (κ3) is 6.94. The van der Waals surface area contributed by atoms with E-state index < -0.39 is 34.0 Å². The number of nitrogens with one attached hydrogen (secondary N) is 1. The Hall–Kier alpha value is -4.09. The van der Waals surface area contributed by atoms with Crippen molar-refractivity contribution >= 4 is 38.4 Å². The number of sulfonamides is 1. The van der Waals surface area contributed by atoms with Crippen molar-refractivity contribution in [1.29, 1.82) is 0 Å². The second kappa shape index (κ2) is 12.6. The monoisotopic (exact) mass is 612 g/mol. The molecule has 0 aliphatic rings. The maximum absolute atomic E-state index is 13.7. The summed E-state index contributed by atoms with van der Waals surface area (Å²) in [6, 6.07) is 15.1. The van der Waals surface area contributed by atoms with Crippen LogP contribution in [0.5, 0.6) is 0 Å². The second-order valence-corrected chi connectivity index (χ2v) is 12.8. The van der Waals surface area contributed by atoms with Crippen molar-refractivity contribution in [3.63, 3.8) is 0 Å². The first kappa shape index (κ1) is 31.8. The number of carbonyl (C=O) groups is 2. The lowest BCUT2D eigenvalue weighted by atomic mass is 9.95. The number of aliphatic hydroxyl groups excluding tert-OH is 1. The number of benzene rings is 3. The van der Waals surface area contributed by atoms with Gasteiger partial charge in [0.15, 0.2) is 5.78 Å². The van der Waals surface area contributed by atoms with Crippen molar-refractivity contribution in [2.75, 3.05) is 30.4 Å². The number of alkyl halides is 1. The fourth-order valence-electron chi connectivity index (χ4n) is 4.74. The summed E-state index contributed by atoms with van der Waals surface area (Å²) in [5.74, 6) is -0.951. The van der Waals surface area contributed by atoms with Crippen molar-refractivity contribution < 1.29 is 36.3 Å². The van der Waals surface area contributed by atoms with Crippen LogP contribution >= 0.6 is 0 Å². The van der Waals surface area contributed by atoms with Crippen LogP contribution in [0.3, 0.4) is 0 Å². The van der Waals surface area contributed by atoms with Gasteiger partial charge in [0.05, 0.1) is 36.3 Å². The third-order valence-corrected chi connectivity index (χ3v) is 8.14. The molecule has 0 atom stereocenters. The van der Waals surface area contributed by atoms with Crippen LogP contribution in [0.25, 0.3) is 33.4 Å². The number of furan rings is 1. The molecule has 0 radical (unpaired) electrons. The molecule has 4 rings (SSSR count). The zero-order valence-electron chi connectivity index (χ0n) is 24.4. The number of fused-ring (bicyclic) bond motifs is 1. The molecule has 0 aliphatic heterocycles. The van der Waals surface area contributed by atoms with Gasteiger partial charge in [-0.1, -0.05) is 19.1 Å². The smallest absolute Gasteiger partial charge is 0.251 e. The first-order chi connectivity index (χ1) is 20.3. The van der Waals surface area contributed by atoms with Crippen LogP contribution in [0.4, 0.5) is 14.5 Å². The molecule has 4 aromatic rings. The van der Waals surface area contributed by atoms with E-state index in [-0.39, 0.29) is 59.9 Å². The lowest BCUT2D eigenvalue weighted by Crippen LogP contribution is -2.46. The molecule has 2 N–H and O–H groups in total. The van der Waals surface area contributed by atoms with E-state index in [0.717, 1.165) is 10.6 Å². The fourth-order valence-corrected chi connectivity index (χ4v) is 5.71. The van der Waals surface area contributed by atoms with Crippen LogP contribution in [0.2, 0.25) is 0 Å². The van der Waals surface area contributed by atoms with Gasteiger partial charge in [0, 0.05) is 41.1 Å². The minimum absolute atomic E-state index is 0.0677. The molecule has 1 heterocycles. The van der Waals surface area contributed by atoms with Crippen molar-refractivity contribution in [3.05, 3.63) is 77.6 Å². The van der Waals surface area contributed by atoms with Gasteiger partial charge in [-0.2, -0.15) is 0 Å². The molecule has 228 valence electrons. The van der Waals surface area contributed by atoms with E-state index in [4.69, 9.17) is 4.42 Å². The Morgan fingerprint density at radius 3 is 2.35 bits per heavy atom. The van der Waals surface area contributed by atoms with Crippen LogP contribution in [-0.2, 0) is 10.0 Å². The van der Waals surface area contributed by atoms with Crippen molar-refractivity contribution in [2.24, 2.45) is 0 Å². The van der Waals surface area contributed by atoms with Crippen molar-refractivity contribution in [3.8, 4) is 22.5 Å². The van der Waals surface area contributed by atoms with Gasteiger partial charge >= 0.3 is 0 Å². The minimum atomic E-state index is -3.92. The molecule has 1 aromatic heterocycles. The number of amides is 1. The fraction of sp³-hybridized carbons (Fsp3) is 0.312. The highest BCUT2D eigenvalue weighted by Gasteiger charge is 2.28. The van der Waals surface area contributed by atoms with Crippen LogP contribution in [0, 0.1) is 5.82 Å². The summed E-state index contributed by atoms with van der Waals surface area (Å²) >= 11 is 0. The van der Waals surface area contributed by atoms with Gasteiger partial charge in [0.2, 0.25) is 10.0 Å². The number of halogens is 2. The quantitative estimate of drug-likeness (QED) is 0.186. The van der Waals surface area contributed by atoms with E-state index in [1.807, 2.05) is 0 Å². The van der Waals surface area contributed by atoms with Crippen LogP contribution < -0.4 is 9.62 Å². The number of Topliss-reactive ketones (excluding diaryl/α,β-unsaturated/α-hetero) is 1. The number of ketones is 1. The Bertz CT molecular complexity index is 1760. The summed E-state index contributed by atoms with van der Waals surface area (Å²) in [4.78, 5) is 26.3. The summed E-state index contributed by atoms with van der Waals surface area (Å²) in [7, 11) is -3.92. The van der Waals surface area contributed by atoms with Gasteiger partial charge in [-0.3, -0.25) is 18.3 Å². The van der Waals surface area contributed by atoms with E-state index in [2.05, 4.69) is 5.32 Å². The molecule has 43 heavy (non-hydrogen) atoms. The van der Waals surface area contributed by atoms with Gasteiger partial charge in [-0.05, 0) is 68.3 Å². The van der Waals surface area contributed by atoms with Gasteiger partial charge < -0.3 is 14.8 Å². The number of hydrogen-bond acceptors (Lipinski definition) is 6. The molecule has 0 unspecified atom stereocenters. The number of carbonyl (C=O) groups excluding carboxylic acids is 2. The maximum Gasteiger partial charge on any atom is 0.251 e. The normalized spacial score (nSPS) is 12.0. The van der Waals surface area contributed by atoms with E-state index >= 15 is 0 Å². The van der Waals surface area contributed by atoms with Crippen LogP contribution in [-0.4, -0.2) is 56.8 Å². The molecule has 0 saturated heterocycles. The average molecular weight is 613 g/mol. The molecule has 0 spiro atoms. The van der Waals surface area contributed by atoms with Crippen molar-refractivity contribution in [1.82, 2.24) is 5.32 Å². The standard InChI is InChI=1S/C32H34F2N2O6S/c1-5-27(38)29-25-17-24(21-8-6-9-22(16-21)31(39)35-32(2,3)19-37)26(36(15-7-14-33)43(4,40)41)18-28(25)42-30(29)20-10-12-23(34)13-11-20/h6,8-13,16-18,37H,5,7,14-15,19H2,1-4H3,(H,35,39). The van der Waals surface area contributed by atoms with Crippen molar-refractivity contribution in [2.45, 2.75) is 39.2 Å². The molecule has 0 aliphatic carbocycles. The number of rotatable bonds is 12. The Balaban J connectivity index is 2.03. The average Bonchev–Trinajstić information content (AvgIpc) is 3.34. The predicted molar refractivity (Wildman–Crippen MR) is 163 cm³/mol. The summed E-state index contributed by atoms with van der Waals surface area (Å²) in [6.45, 7) is 3.83. The van der Waals surface area contributed by atoms with E-state index in [1.54, 1.807) is 51.1 Å². The van der Waals surface area contributed by atoms with E-state index in [0.29, 0.717) is 22.1 Å². The first-order valence-electron chi connectivity index (χ1n) is 13.8. The van der Waals surface area contributed by atoms with Gasteiger partial charge in [0.25, 0.3) is 5.91 Å². The zero-order valence-corrected chi connectivity index (χ0v) is 25.2. The van der Waals surface area contributed by atoms with Crippen LogP contribution in [0.15, 0.2) is 65.1 Å². The highest BCUT2D eigenvalue weighted by atomic mass is 32.2. The Kier molecular flexibility index (Phi) is 9.36. The SMILES string of the molecule is CCC(=O)c1c(-c2ccc(F)cc2)oc2cc(N(CCCF)S(C)(=O)=O)c(-c3cccc(C(=O)NC(C)(C)CO)c3)cc12. The van der Waals surface area contributed by atoms with Gasteiger partial charge in [0.1, 0.15) is 17.2 Å².